The lowest BCUT2D eigenvalue weighted by molar-refractivity contribution is -0.130. The summed E-state index contributed by atoms with van der Waals surface area (Å²) in [6.07, 6.45) is 4.40. The summed E-state index contributed by atoms with van der Waals surface area (Å²) >= 11 is 0. The first kappa shape index (κ1) is 72.0. The predicted molar refractivity (Wildman–Crippen MR) is 320 cm³/mol. The SMILES string of the molecule is CC(C)N1CCN(CC(=O)N(C)C)CC1.CC(C)N1CCN(CCC(=O)N(C)C)CC1.CC(C)NC(=O)CC1CCN(C(C)C)CC1.CC(C)NC(=O)CC1CN(C(C)C)C1.CC(C)NC(=O)CN1CCN(C(C)C)CC1. The second-order valence-electron chi connectivity index (χ2n) is 25.2. The van der Waals surface area contributed by atoms with Crippen molar-refractivity contribution in [2.45, 2.75) is 191 Å². The zero-order valence-electron chi connectivity index (χ0n) is 53.3. The topological polar surface area (TPSA) is 154 Å². The number of carbonyl (C=O) groups excluding carboxylic acids is 5. The standard InChI is InChI=1S/C13H26N2O.2C12H25N3O.C11H23N3O.C11H22N2O/c1-10(2)14-13(16)9-12-5-7-15(8-6-12)11(3)4;1-10(2)13-12(16)9-14-5-7-15(8-6-14)11(3)4;1-11(2)15-9-7-14(8-10-15)6-5-12(16)13(3)4;1-10(2)14-7-5-13(6-8-14)9-11(15)12(3)4;1-8(2)12-11(14)5-10-6-13(7-10)9(3)4/h10-12H,5-9H2,1-4H3,(H,14,16);10-11H,5-9H2,1-4H3,(H,13,16);11H,5-10H2,1-4H3;10H,5-9H2,1-4H3;8-10H,5-7H2,1-4H3,(H,12,14). The number of rotatable bonds is 19. The Hall–Kier alpha value is -2.97. The highest BCUT2D eigenvalue weighted by Crippen LogP contribution is 2.22. The summed E-state index contributed by atoms with van der Waals surface area (Å²) in [5.74, 6) is 2.17. The molecule has 0 aromatic carbocycles. The van der Waals surface area contributed by atoms with Crippen molar-refractivity contribution in [1.29, 1.82) is 0 Å². The number of likely N-dealkylation sites (N-methyl/N-ethyl adjacent to an activating group) is 1. The maximum absolute atomic E-state index is 11.6. The molecule has 5 aliphatic rings. The van der Waals surface area contributed by atoms with Crippen LogP contribution in [-0.2, 0) is 24.0 Å². The van der Waals surface area contributed by atoms with Gasteiger partial charge in [0.15, 0.2) is 0 Å². The lowest BCUT2D eigenvalue weighted by Crippen LogP contribution is -2.51. The van der Waals surface area contributed by atoms with Crippen molar-refractivity contribution in [1.82, 2.24) is 64.9 Å². The highest BCUT2D eigenvalue weighted by molar-refractivity contribution is 5.79. The number of piperazine rings is 3. The molecule has 0 spiro atoms. The lowest BCUT2D eigenvalue weighted by atomic mass is 9.92. The number of piperidine rings is 1. The molecular weight excluding hydrogens is 971 g/mol. The molecule has 0 aliphatic carbocycles. The van der Waals surface area contributed by atoms with Crippen molar-refractivity contribution < 1.29 is 24.0 Å². The van der Waals surface area contributed by atoms with E-state index in [1.165, 1.54) is 12.8 Å². The van der Waals surface area contributed by atoms with Gasteiger partial charge in [-0.05, 0) is 149 Å². The summed E-state index contributed by atoms with van der Waals surface area (Å²) in [5.41, 5.74) is 0. The molecule has 0 atom stereocenters. The van der Waals surface area contributed by atoms with E-state index in [9.17, 15) is 24.0 Å². The fraction of sp³-hybridized carbons (Fsp3) is 0.915. The van der Waals surface area contributed by atoms with Gasteiger partial charge in [-0.25, -0.2) is 0 Å². The van der Waals surface area contributed by atoms with Gasteiger partial charge in [-0.1, -0.05) is 0 Å². The van der Waals surface area contributed by atoms with Crippen LogP contribution in [0.25, 0.3) is 0 Å². The zero-order chi connectivity index (χ0) is 58.5. The van der Waals surface area contributed by atoms with E-state index in [0.29, 0.717) is 74.4 Å². The first-order valence-electron chi connectivity index (χ1n) is 30.1. The van der Waals surface area contributed by atoms with Crippen molar-refractivity contribution in [2.24, 2.45) is 11.8 Å². The third-order valence-electron chi connectivity index (χ3n) is 15.2. The molecule has 0 bridgehead atoms. The molecule has 5 fully saturated rings. The molecular formula is C59H121N13O5. The molecule has 5 heterocycles. The van der Waals surface area contributed by atoms with Crippen LogP contribution in [0.3, 0.4) is 0 Å². The highest BCUT2D eigenvalue weighted by atomic mass is 16.2. The number of likely N-dealkylation sites (tertiary alicyclic amines) is 2. The van der Waals surface area contributed by atoms with E-state index in [1.54, 1.807) is 9.80 Å². The molecule has 5 rings (SSSR count). The van der Waals surface area contributed by atoms with Gasteiger partial charge >= 0.3 is 0 Å². The minimum absolute atomic E-state index is 0.146. The Labute approximate surface area is 472 Å². The van der Waals surface area contributed by atoms with Crippen LogP contribution in [0.1, 0.15) is 143 Å². The summed E-state index contributed by atoms with van der Waals surface area (Å²) < 4.78 is 0. The van der Waals surface area contributed by atoms with Crippen molar-refractivity contribution in [3.63, 3.8) is 0 Å². The molecule has 18 nitrogen and oxygen atoms in total. The molecule has 3 N–H and O–H groups in total. The quantitative estimate of drug-likeness (QED) is 0.168. The number of nitrogens with zero attached hydrogens (tertiary/aromatic N) is 10. The monoisotopic (exact) mass is 1090 g/mol. The molecule has 18 heteroatoms. The summed E-state index contributed by atoms with van der Waals surface area (Å²) in [6.45, 7) is 53.6. The third kappa shape index (κ3) is 32.8. The third-order valence-corrected chi connectivity index (χ3v) is 15.2. The van der Waals surface area contributed by atoms with E-state index in [-0.39, 0.29) is 47.7 Å². The van der Waals surface area contributed by atoms with Crippen LogP contribution in [0.2, 0.25) is 0 Å². The van der Waals surface area contributed by atoms with Gasteiger partial charge in [0, 0.05) is 194 Å². The van der Waals surface area contributed by atoms with Crippen molar-refractivity contribution in [2.75, 3.05) is 153 Å². The molecule has 0 radical (unpaired) electrons. The highest BCUT2D eigenvalue weighted by Gasteiger charge is 2.30. The Bertz CT molecular complexity index is 1560. The average Bonchev–Trinajstić information content (AvgIpc) is 3.32. The summed E-state index contributed by atoms with van der Waals surface area (Å²) in [7, 11) is 7.26. The molecule has 5 saturated heterocycles. The maximum Gasteiger partial charge on any atom is 0.236 e. The second-order valence-corrected chi connectivity index (χ2v) is 25.2. The van der Waals surface area contributed by atoms with Crippen LogP contribution < -0.4 is 16.0 Å². The van der Waals surface area contributed by atoms with Crippen molar-refractivity contribution in [3.8, 4) is 0 Å². The number of carbonyl (C=O) groups is 5. The van der Waals surface area contributed by atoms with Gasteiger partial charge in [0.05, 0.1) is 13.1 Å². The van der Waals surface area contributed by atoms with Crippen molar-refractivity contribution in [3.05, 3.63) is 0 Å². The maximum atomic E-state index is 11.6. The van der Waals surface area contributed by atoms with Gasteiger partial charge < -0.3 is 40.4 Å². The van der Waals surface area contributed by atoms with Crippen LogP contribution in [-0.4, -0.2) is 279 Å². The van der Waals surface area contributed by atoms with Crippen LogP contribution in [0, 0.1) is 11.8 Å². The van der Waals surface area contributed by atoms with E-state index < -0.39 is 0 Å². The normalized spacial score (nSPS) is 19.2. The van der Waals surface area contributed by atoms with Crippen LogP contribution in [0.5, 0.6) is 0 Å². The van der Waals surface area contributed by atoms with E-state index in [2.05, 4.69) is 124 Å². The zero-order valence-corrected chi connectivity index (χ0v) is 53.3. The Morgan fingerprint density at radius 3 is 1.03 bits per heavy atom. The fourth-order valence-electron chi connectivity index (χ4n) is 9.88. The first-order chi connectivity index (χ1) is 36.0. The molecule has 452 valence electrons. The number of amides is 5. The smallest absolute Gasteiger partial charge is 0.236 e. The average molecular weight is 1090 g/mol. The van der Waals surface area contributed by atoms with Gasteiger partial charge in [-0.15, -0.1) is 0 Å². The van der Waals surface area contributed by atoms with Gasteiger partial charge in [0.1, 0.15) is 0 Å². The molecule has 77 heavy (non-hydrogen) atoms. The minimum Gasteiger partial charge on any atom is -0.354 e. The Balaban J connectivity index is 0.000000482. The fourth-order valence-corrected chi connectivity index (χ4v) is 9.88. The molecule has 5 aliphatic heterocycles. The predicted octanol–water partition coefficient (Wildman–Crippen LogP) is 4.39. The number of hydrogen-bond donors (Lipinski definition) is 3. The van der Waals surface area contributed by atoms with E-state index >= 15 is 0 Å². The van der Waals surface area contributed by atoms with Crippen LogP contribution >= 0.6 is 0 Å². The second kappa shape index (κ2) is 38.6. The van der Waals surface area contributed by atoms with E-state index in [0.717, 1.165) is 111 Å². The molecule has 0 unspecified atom stereocenters. The van der Waals surface area contributed by atoms with Crippen LogP contribution in [0.15, 0.2) is 0 Å². The summed E-state index contributed by atoms with van der Waals surface area (Å²) in [5, 5.41) is 8.83. The van der Waals surface area contributed by atoms with Crippen LogP contribution in [0.4, 0.5) is 0 Å². The number of hydrogen-bond acceptors (Lipinski definition) is 13. The Morgan fingerprint density at radius 2 is 0.688 bits per heavy atom. The largest absolute Gasteiger partial charge is 0.354 e. The van der Waals surface area contributed by atoms with Crippen molar-refractivity contribution >= 4 is 29.5 Å². The van der Waals surface area contributed by atoms with E-state index in [4.69, 9.17) is 0 Å². The van der Waals surface area contributed by atoms with Gasteiger partial charge in [-0.2, -0.15) is 0 Å². The minimum atomic E-state index is 0.146. The van der Waals surface area contributed by atoms with E-state index in [1.807, 2.05) is 69.7 Å². The lowest BCUT2D eigenvalue weighted by Gasteiger charge is -2.41. The summed E-state index contributed by atoms with van der Waals surface area (Å²) in [6, 6.07) is 3.93. The Morgan fingerprint density at radius 1 is 0.377 bits per heavy atom. The van der Waals surface area contributed by atoms with Gasteiger partial charge in [-0.3, -0.25) is 48.5 Å². The number of nitrogens with one attached hydrogen (secondary N) is 3. The molecule has 0 aromatic heterocycles. The first-order valence-corrected chi connectivity index (χ1v) is 30.1. The summed E-state index contributed by atoms with van der Waals surface area (Å²) in [4.78, 5) is 80.0. The molecule has 5 amide bonds. The van der Waals surface area contributed by atoms with Gasteiger partial charge in [0.25, 0.3) is 0 Å². The van der Waals surface area contributed by atoms with Gasteiger partial charge in [0.2, 0.25) is 29.5 Å². The molecule has 0 aromatic rings. The Kier molecular flexibility index (Phi) is 36.1. The molecule has 0 saturated carbocycles.